The van der Waals surface area contributed by atoms with Crippen molar-refractivity contribution in [3.63, 3.8) is 0 Å². The largest absolute Gasteiger partial charge is 0.379 e. The highest BCUT2D eigenvalue weighted by molar-refractivity contribution is 7.14. The molecule has 3 aromatic rings. The van der Waals surface area contributed by atoms with Crippen molar-refractivity contribution in [3.05, 3.63) is 23.0 Å². The average Bonchev–Trinajstić information content (AvgIpc) is 3.16. The Morgan fingerprint density at radius 1 is 1.13 bits per heavy atom. The summed E-state index contributed by atoms with van der Waals surface area (Å²) < 4.78 is 15.7. The molecule has 2 aromatic heterocycles. The number of urea groups is 1. The molecule has 2 N–H and O–H groups in total. The average molecular weight is 430 g/mol. The molecule has 1 fully saturated rings. The van der Waals surface area contributed by atoms with E-state index in [9.17, 15) is 4.79 Å². The van der Waals surface area contributed by atoms with Crippen molar-refractivity contribution in [1.29, 1.82) is 0 Å². The van der Waals surface area contributed by atoms with Crippen molar-refractivity contribution in [2.24, 2.45) is 0 Å². The van der Waals surface area contributed by atoms with E-state index < -0.39 is 5.82 Å². The number of fused-ring (bicyclic) bond motifs is 1. The van der Waals surface area contributed by atoms with Gasteiger partial charge in [-0.15, -0.1) is 20.4 Å². The summed E-state index contributed by atoms with van der Waals surface area (Å²) in [5.74, 6) is -0.244. The second kappa shape index (κ2) is 8.47. The van der Waals surface area contributed by atoms with Gasteiger partial charge in [-0.3, -0.25) is 5.32 Å². The summed E-state index contributed by atoms with van der Waals surface area (Å²) in [5.41, 5.74) is 1.17. The normalized spacial score (nSPS) is 14.4. The molecule has 8 nitrogen and oxygen atoms in total. The van der Waals surface area contributed by atoms with Gasteiger partial charge in [0.25, 0.3) is 0 Å². The molecule has 1 aliphatic heterocycles. The number of amides is 2. The zero-order chi connectivity index (χ0) is 21.3. The summed E-state index contributed by atoms with van der Waals surface area (Å²) >= 11 is 1.32. The first-order valence-electron chi connectivity index (χ1n) is 10.1. The number of carbonyl (C=O) groups is 1. The smallest absolute Gasteiger partial charge is 0.323 e. The minimum atomic E-state index is -0.463. The van der Waals surface area contributed by atoms with Crippen molar-refractivity contribution in [3.8, 4) is 10.6 Å². The molecule has 1 aliphatic rings. The van der Waals surface area contributed by atoms with Gasteiger partial charge in [-0.25, -0.2) is 9.18 Å². The topological polar surface area (TPSA) is 95.9 Å². The van der Waals surface area contributed by atoms with Gasteiger partial charge in [-0.05, 0) is 52.2 Å². The first-order chi connectivity index (χ1) is 14.4. The zero-order valence-corrected chi connectivity index (χ0v) is 18.0. The number of nitrogens with one attached hydrogen (secondary N) is 2. The van der Waals surface area contributed by atoms with E-state index in [1.54, 1.807) is 17.0 Å². The van der Waals surface area contributed by atoms with Gasteiger partial charge in [0.1, 0.15) is 10.8 Å². The Kier molecular flexibility index (Phi) is 5.76. The van der Waals surface area contributed by atoms with Crippen LogP contribution >= 0.6 is 11.3 Å². The van der Waals surface area contributed by atoms with Crippen molar-refractivity contribution >= 4 is 39.8 Å². The van der Waals surface area contributed by atoms with Gasteiger partial charge in [0.15, 0.2) is 10.8 Å². The van der Waals surface area contributed by atoms with Gasteiger partial charge in [0, 0.05) is 24.7 Å². The number of hydrogen-bond acceptors (Lipinski definition) is 7. The van der Waals surface area contributed by atoms with Crippen molar-refractivity contribution in [2.45, 2.75) is 46.1 Å². The Bertz CT molecular complexity index is 1080. The van der Waals surface area contributed by atoms with Crippen LogP contribution in [0.3, 0.4) is 0 Å². The molecule has 4 rings (SSSR count). The van der Waals surface area contributed by atoms with Crippen molar-refractivity contribution < 1.29 is 9.18 Å². The standard InChI is InChI=1S/C20H24FN7OS/c1-11(2)22-17-15-14(8-7-13(16(15)21)19-27-24-12(3)30-19)25-26-18(17)23-20(29)28-9-5-4-6-10-28/h7-8,11H,4-6,9-10H2,1-3H3,(H,22,25)(H,23,26,29). The summed E-state index contributed by atoms with van der Waals surface area (Å²) in [6, 6.07) is 3.10. The predicted octanol–water partition coefficient (Wildman–Crippen LogP) is 4.43. The van der Waals surface area contributed by atoms with Crippen LogP contribution in [0, 0.1) is 12.7 Å². The van der Waals surface area contributed by atoms with Crippen LogP contribution in [-0.4, -0.2) is 50.5 Å². The lowest BCUT2D eigenvalue weighted by Crippen LogP contribution is -2.39. The molecule has 10 heteroatoms. The molecule has 1 aromatic carbocycles. The van der Waals surface area contributed by atoms with Crippen molar-refractivity contribution in [2.75, 3.05) is 23.7 Å². The molecule has 2 amide bonds. The lowest BCUT2D eigenvalue weighted by atomic mass is 10.1. The molecule has 0 spiro atoms. The lowest BCUT2D eigenvalue weighted by molar-refractivity contribution is 0.200. The summed E-state index contributed by atoms with van der Waals surface area (Å²) in [6.45, 7) is 7.12. The highest BCUT2D eigenvalue weighted by Crippen LogP contribution is 2.36. The van der Waals surface area contributed by atoms with E-state index in [4.69, 9.17) is 0 Å². The van der Waals surface area contributed by atoms with E-state index in [0.29, 0.717) is 34.9 Å². The monoisotopic (exact) mass is 429 g/mol. The number of benzene rings is 1. The van der Waals surface area contributed by atoms with Gasteiger partial charge in [0.05, 0.1) is 16.6 Å². The van der Waals surface area contributed by atoms with Gasteiger partial charge in [0.2, 0.25) is 0 Å². The Morgan fingerprint density at radius 2 is 1.90 bits per heavy atom. The van der Waals surface area contributed by atoms with Crippen LogP contribution in [0.5, 0.6) is 0 Å². The maximum atomic E-state index is 15.7. The quantitative estimate of drug-likeness (QED) is 0.637. The van der Waals surface area contributed by atoms with E-state index in [-0.39, 0.29) is 23.3 Å². The fraction of sp³-hybridized carbons (Fsp3) is 0.450. The summed E-state index contributed by atoms with van der Waals surface area (Å²) in [6.07, 6.45) is 3.08. The number of hydrogen-bond donors (Lipinski definition) is 2. The number of nitrogens with zero attached hydrogens (tertiary/aromatic N) is 5. The minimum absolute atomic E-state index is 0.00475. The van der Waals surface area contributed by atoms with Crippen LogP contribution in [0.1, 0.15) is 38.1 Å². The lowest BCUT2D eigenvalue weighted by Gasteiger charge is -2.27. The molecule has 0 bridgehead atoms. The second-order valence-electron chi connectivity index (χ2n) is 7.65. The Hall–Kier alpha value is -2.88. The Labute approximate surface area is 177 Å². The summed E-state index contributed by atoms with van der Waals surface area (Å²) in [5, 5.41) is 24.0. The van der Waals surface area contributed by atoms with E-state index in [0.717, 1.165) is 24.3 Å². The fourth-order valence-corrected chi connectivity index (χ4v) is 4.23. The zero-order valence-electron chi connectivity index (χ0n) is 17.2. The molecule has 0 unspecified atom stereocenters. The molecule has 0 saturated carbocycles. The summed E-state index contributed by atoms with van der Waals surface area (Å²) in [4.78, 5) is 14.5. The van der Waals surface area contributed by atoms with E-state index >= 15 is 4.39 Å². The van der Waals surface area contributed by atoms with Crippen LogP contribution in [-0.2, 0) is 0 Å². The molecule has 158 valence electrons. The molecule has 1 saturated heterocycles. The molecule has 30 heavy (non-hydrogen) atoms. The maximum Gasteiger partial charge on any atom is 0.323 e. The molecular formula is C20H24FN7OS. The number of likely N-dealkylation sites (tertiary alicyclic amines) is 1. The molecular weight excluding hydrogens is 405 g/mol. The minimum Gasteiger partial charge on any atom is -0.379 e. The number of rotatable bonds is 4. The SMILES string of the molecule is Cc1nnc(-c2ccc3nnc(NC(=O)N4CCCCC4)c(NC(C)C)c3c2F)s1. The highest BCUT2D eigenvalue weighted by atomic mass is 32.1. The third-order valence-electron chi connectivity index (χ3n) is 4.92. The molecule has 0 aliphatic carbocycles. The maximum absolute atomic E-state index is 15.7. The number of carbonyl (C=O) groups excluding carboxylic acids is 1. The molecule has 3 heterocycles. The number of halogens is 1. The van der Waals surface area contributed by atoms with Gasteiger partial charge >= 0.3 is 6.03 Å². The van der Waals surface area contributed by atoms with E-state index in [1.165, 1.54) is 11.3 Å². The first kappa shape index (κ1) is 20.4. The Balaban J connectivity index is 1.80. The van der Waals surface area contributed by atoms with E-state index in [1.807, 2.05) is 20.8 Å². The number of aryl methyl sites for hydroxylation is 1. The number of aromatic nitrogens is 4. The summed E-state index contributed by atoms with van der Waals surface area (Å²) in [7, 11) is 0. The van der Waals surface area contributed by atoms with Crippen LogP contribution in [0.4, 0.5) is 20.7 Å². The van der Waals surface area contributed by atoms with E-state index in [2.05, 4.69) is 31.0 Å². The van der Waals surface area contributed by atoms with Crippen LogP contribution in [0.25, 0.3) is 21.5 Å². The third kappa shape index (κ3) is 4.04. The number of piperidine rings is 1. The van der Waals surface area contributed by atoms with Crippen molar-refractivity contribution in [1.82, 2.24) is 25.3 Å². The van der Waals surface area contributed by atoms with Crippen LogP contribution < -0.4 is 10.6 Å². The van der Waals surface area contributed by atoms with Crippen LogP contribution in [0.2, 0.25) is 0 Å². The molecule has 0 atom stereocenters. The van der Waals surface area contributed by atoms with Gasteiger partial charge in [-0.2, -0.15) is 0 Å². The van der Waals surface area contributed by atoms with Crippen LogP contribution in [0.15, 0.2) is 12.1 Å². The second-order valence-corrected chi connectivity index (χ2v) is 8.83. The molecule has 0 radical (unpaired) electrons. The predicted molar refractivity (Wildman–Crippen MR) is 116 cm³/mol. The Morgan fingerprint density at radius 3 is 2.57 bits per heavy atom. The fourth-order valence-electron chi connectivity index (χ4n) is 3.52. The number of anilines is 2. The third-order valence-corrected chi connectivity index (χ3v) is 5.79. The van der Waals surface area contributed by atoms with Gasteiger partial charge < -0.3 is 10.2 Å². The highest BCUT2D eigenvalue weighted by Gasteiger charge is 2.23. The first-order valence-corrected chi connectivity index (χ1v) is 10.9. The van der Waals surface area contributed by atoms with Gasteiger partial charge in [-0.1, -0.05) is 11.3 Å².